The lowest BCUT2D eigenvalue weighted by Gasteiger charge is -2.21. The molecule has 0 N–H and O–H groups in total. The molecule has 92 valence electrons. The molecule has 0 heterocycles. The van der Waals surface area contributed by atoms with Gasteiger partial charge in [0.1, 0.15) is 14.4 Å². The Labute approximate surface area is 106 Å². The minimum Gasteiger partial charge on any atom is -0.298 e. The van der Waals surface area contributed by atoms with Gasteiger partial charge >= 0.3 is 0 Å². The van der Waals surface area contributed by atoms with Gasteiger partial charge < -0.3 is 0 Å². The van der Waals surface area contributed by atoms with Gasteiger partial charge in [-0.05, 0) is 17.9 Å². The molecule has 0 bridgehead atoms. The number of aldehydes is 1. The molecule has 0 aliphatic heterocycles. The maximum atomic E-state index is 11.2. The van der Waals surface area contributed by atoms with Gasteiger partial charge in [0.15, 0.2) is 0 Å². The lowest BCUT2D eigenvalue weighted by molar-refractivity contribution is -0.105. The van der Waals surface area contributed by atoms with Crippen LogP contribution in [0.3, 0.4) is 0 Å². The molecule has 0 amide bonds. The molecule has 0 fully saturated rings. The Morgan fingerprint density at radius 3 is 2.35 bits per heavy atom. The topological polar surface area (TPSA) is 17.1 Å². The fraction of sp³-hybridized carbons (Fsp3) is 0.400. The molecule has 0 saturated carbocycles. The van der Waals surface area contributed by atoms with Crippen LogP contribution in [0.4, 0.5) is 0 Å². The monoisotopic (exact) mass is 246 g/mol. The van der Waals surface area contributed by atoms with Crippen molar-refractivity contribution in [2.24, 2.45) is 5.92 Å². The van der Waals surface area contributed by atoms with Crippen LogP contribution >= 0.6 is 0 Å². The highest BCUT2D eigenvalue weighted by atomic mass is 28.3. The Balaban J connectivity index is 3.06. The number of carbonyl (C=O) groups excluding carboxylic acids is 1. The van der Waals surface area contributed by atoms with Crippen molar-refractivity contribution in [2.75, 3.05) is 0 Å². The van der Waals surface area contributed by atoms with Crippen molar-refractivity contribution in [1.29, 1.82) is 0 Å². The van der Waals surface area contributed by atoms with Gasteiger partial charge in [-0.3, -0.25) is 4.79 Å². The Hall–Kier alpha value is -1.15. The molecule has 0 spiro atoms. The summed E-state index contributed by atoms with van der Waals surface area (Å²) in [5.74, 6) is 0.364. The van der Waals surface area contributed by atoms with Crippen molar-refractivity contribution >= 4 is 19.5 Å². The van der Waals surface area contributed by atoms with Crippen LogP contribution in [-0.2, 0) is 4.79 Å². The highest BCUT2D eigenvalue weighted by molar-refractivity contribution is 6.94. The second-order valence-electron chi connectivity index (χ2n) is 5.16. The second-order valence-corrected chi connectivity index (χ2v) is 9.47. The van der Waals surface area contributed by atoms with Gasteiger partial charge in [0.05, 0.1) is 0 Å². The summed E-state index contributed by atoms with van der Waals surface area (Å²) < 4.78 is 0. The lowest BCUT2D eigenvalue weighted by Crippen LogP contribution is -2.40. The molecular weight excluding hydrogens is 224 g/mol. The molecule has 0 saturated heterocycles. The molecule has 17 heavy (non-hydrogen) atoms. The van der Waals surface area contributed by atoms with Gasteiger partial charge in [0.2, 0.25) is 0 Å². The molecule has 1 aromatic carbocycles. The summed E-state index contributed by atoms with van der Waals surface area (Å²) in [6.07, 6.45) is 2.05. The van der Waals surface area contributed by atoms with Crippen LogP contribution in [0.2, 0.25) is 13.1 Å². The van der Waals surface area contributed by atoms with Crippen LogP contribution in [0.1, 0.15) is 20.3 Å². The summed E-state index contributed by atoms with van der Waals surface area (Å²) in [6, 6.07) is 10.5. The first-order chi connectivity index (χ1) is 8.01. The van der Waals surface area contributed by atoms with Gasteiger partial charge in [-0.1, -0.05) is 68.2 Å². The van der Waals surface area contributed by atoms with E-state index in [9.17, 15) is 4.79 Å². The summed E-state index contributed by atoms with van der Waals surface area (Å²) in [5, 5.41) is 1.38. The number of benzene rings is 1. The van der Waals surface area contributed by atoms with E-state index < -0.39 is 8.07 Å². The van der Waals surface area contributed by atoms with E-state index in [1.807, 2.05) is 6.07 Å². The average molecular weight is 246 g/mol. The average Bonchev–Trinajstić information content (AvgIpc) is 2.36. The molecule has 0 aliphatic carbocycles. The third-order valence-corrected chi connectivity index (χ3v) is 6.24. The Morgan fingerprint density at radius 2 is 1.88 bits per heavy atom. The van der Waals surface area contributed by atoms with Crippen molar-refractivity contribution in [3.8, 4) is 0 Å². The molecule has 0 aromatic heterocycles. The summed E-state index contributed by atoms with van der Waals surface area (Å²) >= 11 is 0. The molecule has 1 atom stereocenters. The zero-order valence-corrected chi connectivity index (χ0v) is 12.2. The number of rotatable bonds is 5. The fourth-order valence-corrected chi connectivity index (χ4v) is 4.30. The number of hydrogen-bond donors (Lipinski definition) is 0. The molecule has 2 heteroatoms. The van der Waals surface area contributed by atoms with Gasteiger partial charge in [-0.15, -0.1) is 0 Å². The maximum Gasteiger partial charge on any atom is 0.145 e. The third kappa shape index (κ3) is 3.67. The van der Waals surface area contributed by atoms with Crippen molar-refractivity contribution < 1.29 is 4.79 Å². The van der Waals surface area contributed by atoms with E-state index in [1.54, 1.807) is 0 Å². The predicted octanol–water partition coefficient (Wildman–Crippen LogP) is 3.31. The molecule has 1 aromatic rings. The van der Waals surface area contributed by atoms with Crippen LogP contribution in [0.5, 0.6) is 0 Å². The fourth-order valence-electron chi connectivity index (χ4n) is 1.90. The second kappa shape index (κ2) is 5.96. The smallest absolute Gasteiger partial charge is 0.145 e. The molecule has 0 radical (unpaired) electrons. The quantitative estimate of drug-likeness (QED) is 0.442. The van der Waals surface area contributed by atoms with E-state index in [2.05, 4.69) is 56.9 Å². The van der Waals surface area contributed by atoms with Gasteiger partial charge in [0, 0.05) is 0 Å². The normalized spacial score (nSPS) is 14.5. The van der Waals surface area contributed by atoms with Crippen LogP contribution in [0, 0.1) is 5.92 Å². The Bertz CT molecular complexity index is 393. The summed E-state index contributed by atoms with van der Waals surface area (Å²) in [5.41, 5.74) is 3.21. The largest absolute Gasteiger partial charge is 0.298 e. The summed E-state index contributed by atoms with van der Waals surface area (Å²) in [6.45, 7) is 8.82. The van der Waals surface area contributed by atoms with Crippen LogP contribution in [0.15, 0.2) is 41.6 Å². The van der Waals surface area contributed by atoms with E-state index in [4.69, 9.17) is 0 Å². The first-order valence-electron chi connectivity index (χ1n) is 6.24. The van der Waals surface area contributed by atoms with Crippen molar-refractivity contribution in [2.45, 2.75) is 33.4 Å². The SMILES string of the molecule is CCC(C)C(C=O)=C[Si](C)(C)c1ccccc1. The molecular formula is C15H22OSi. The first kappa shape index (κ1) is 13.9. The molecule has 0 aliphatic rings. The number of allylic oxidation sites excluding steroid dienone is 1. The Morgan fingerprint density at radius 1 is 1.29 bits per heavy atom. The first-order valence-corrected chi connectivity index (χ1v) is 9.32. The van der Waals surface area contributed by atoms with Crippen molar-refractivity contribution in [1.82, 2.24) is 0 Å². The van der Waals surface area contributed by atoms with E-state index >= 15 is 0 Å². The minimum atomic E-state index is -1.64. The molecule has 1 rings (SSSR count). The van der Waals surface area contributed by atoms with Crippen molar-refractivity contribution in [3.63, 3.8) is 0 Å². The van der Waals surface area contributed by atoms with Gasteiger partial charge in [-0.25, -0.2) is 0 Å². The van der Waals surface area contributed by atoms with Gasteiger partial charge in [-0.2, -0.15) is 0 Å². The van der Waals surface area contributed by atoms with E-state index in [-0.39, 0.29) is 0 Å². The van der Waals surface area contributed by atoms with Crippen LogP contribution in [0.25, 0.3) is 0 Å². The van der Waals surface area contributed by atoms with E-state index in [0.717, 1.165) is 18.3 Å². The van der Waals surface area contributed by atoms with Crippen LogP contribution in [-0.4, -0.2) is 14.4 Å². The zero-order valence-electron chi connectivity index (χ0n) is 11.2. The molecule has 1 unspecified atom stereocenters. The number of carbonyl (C=O) groups is 1. The standard InChI is InChI=1S/C15H22OSi/c1-5-13(2)14(11-16)12-17(3,4)15-9-7-6-8-10-15/h6-13H,5H2,1-4H3. The maximum absolute atomic E-state index is 11.2. The predicted molar refractivity (Wildman–Crippen MR) is 77.2 cm³/mol. The number of hydrogen-bond acceptors (Lipinski definition) is 1. The van der Waals surface area contributed by atoms with Gasteiger partial charge in [0.25, 0.3) is 0 Å². The van der Waals surface area contributed by atoms with E-state index in [1.165, 1.54) is 5.19 Å². The highest BCUT2D eigenvalue weighted by Gasteiger charge is 2.22. The highest BCUT2D eigenvalue weighted by Crippen LogP contribution is 2.16. The van der Waals surface area contributed by atoms with Crippen LogP contribution < -0.4 is 5.19 Å². The zero-order chi connectivity index (χ0) is 12.9. The summed E-state index contributed by atoms with van der Waals surface area (Å²) in [7, 11) is -1.64. The lowest BCUT2D eigenvalue weighted by atomic mass is 10.0. The van der Waals surface area contributed by atoms with Crippen molar-refractivity contribution in [3.05, 3.63) is 41.6 Å². The summed E-state index contributed by atoms with van der Waals surface area (Å²) in [4.78, 5) is 11.2. The minimum absolute atomic E-state index is 0.364. The van der Waals surface area contributed by atoms with E-state index in [0.29, 0.717) is 5.92 Å². The Kier molecular flexibility index (Phi) is 4.88. The third-order valence-electron chi connectivity index (χ3n) is 3.36. The molecule has 1 nitrogen and oxygen atoms in total.